The zero-order chi connectivity index (χ0) is 20.7. The van der Waals surface area contributed by atoms with Crippen molar-refractivity contribution >= 4 is 23.2 Å². The molecule has 4 aromatic rings. The fourth-order valence-corrected chi connectivity index (χ4v) is 3.64. The minimum absolute atomic E-state index is 0.512. The normalized spacial score (nSPS) is 11.1. The summed E-state index contributed by atoms with van der Waals surface area (Å²) in [5.41, 5.74) is 10.1. The lowest BCUT2D eigenvalue weighted by molar-refractivity contribution is 0.891. The van der Waals surface area contributed by atoms with Gasteiger partial charge in [0.15, 0.2) is 0 Å². The molecule has 0 spiro atoms. The van der Waals surface area contributed by atoms with E-state index in [1.807, 2.05) is 16.8 Å². The monoisotopic (exact) mass is 420 g/mol. The summed E-state index contributed by atoms with van der Waals surface area (Å²) in [6.07, 6.45) is 0. The van der Waals surface area contributed by atoms with E-state index in [9.17, 15) is 0 Å². The lowest BCUT2D eigenvalue weighted by Gasteiger charge is -2.10. The molecule has 4 heteroatoms. The maximum Gasteiger partial charge on any atom is 0.0934 e. The summed E-state index contributed by atoms with van der Waals surface area (Å²) < 4.78 is 1.94. The fourth-order valence-electron chi connectivity index (χ4n) is 3.34. The van der Waals surface area contributed by atoms with Crippen LogP contribution >= 0.6 is 23.2 Å². The van der Waals surface area contributed by atoms with E-state index in [0.717, 1.165) is 28.2 Å². The van der Waals surface area contributed by atoms with Gasteiger partial charge in [-0.25, -0.2) is 4.68 Å². The number of rotatable bonds is 3. The predicted octanol–water partition coefficient (Wildman–Crippen LogP) is 7.75. The van der Waals surface area contributed by atoms with E-state index in [4.69, 9.17) is 28.3 Å². The van der Waals surface area contributed by atoms with E-state index in [-0.39, 0.29) is 0 Å². The second-order valence-corrected chi connectivity index (χ2v) is 8.34. The molecule has 0 saturated heterocycles. The van der Waals surface area contributed by atoms with Crippen molar-refractivity contribution in [1.29, 1.82) is 0 Å². The van der Waals surface area contributed by atoms with Gasteiger partial charge in [0.05, 0.1) is 27.1 Å². The number of hydrogen-bond acceptors (Lipinski definition) is 1. The van der Waals surface area contributed by atoms with Gasteiger partial charge in [0.25, 0.3) is 0 Å². The van der Waals surface area contributed by atoms with Gasteiger partial charge in [-0.15, -0.1) is 0 Å². The molecule has 0 fully saturated rings. The van der Waals surface area contributed by atoms with Crippen molar-refractivity contribution in [3.05, 3.63) is 93.0 Å². The Morgan fingerprint density at radius 3 is 1.86 bits per heavy atom. The van der Waals surface area contributed by atoms with Crippen molar-refractivity contribution < 1.29 is 0 Å². The summed E-state index contributed by atoms with van der Waals surface area (Å²) >= 11 is 12.4. The third kappa shape index (κ3) is 3.83. The van der Waals surface area contributed by atoms with E-state index < -0.39 is 0 Å². The smallest absolute Gasteiger partial charge is 0.0934 e. The SMILES string of the molecule is Cc1ccc(-c2cc(-c3ccc(C)c(C)c3)n(-c3ccc(Cl)c(Cl)c3)n2)cc1C. The first-order chi connectivity index (χ1) is 13.8. The number of hydrogen-bond donors (Lipinski definition) is 0. The van der Waals surface area contributed by atoms with Crippen LogP contribution in [0.4, 0.5) is 0 Å². The van der Waals surface area contributed by atoms with Gasteiger partial charge in [-0.2, -0.15) is 5.10 Å². The Morgan fingerprint density at radius 1 is 0.621 bits per heavy atom. The Bertz CT molecular complexity index is 1150. The molecule has 0 N–H and O–H groups in total. The number of aromatic nitrogens is 2. The second kappa shape index (κ2) is 7.70. The maximum absolute atomic E-state index is 6.30. The molecule has 0 radical (unpaired) electrons. The summed E-state index contributed by atoms with van der Waals surface area (Å²) in [4.78, 5) is 0. The first-order valence-electron chi connectivity index (χ1n) is 9.54. The molecule has 0 aliphatic heterocycles. The summed E-state index contributed by atoms with van der Waals surface area (Å²) in [7, 11) is 0. The molecular weight excluding hydrogens is 399 g/mol. The van der Waals surface area contributed by atoms with Crippen molar-refractivity contribution in [2.24, 2.45) is 0 Å². The Morgan fingerprint density at radius 2 is 1.24 bits per heavy atom. The van der Waals surface area contributed by atoms with E-state index in [1.165, 1.54) is 22.3 Å². The zero-order valence-electron chi connectivity index (χ0n) is 16.9. The van der Waals surface area contributed by atoms with Crippen LogP contribution in [0.15, 0.2) is 60.7 Å². The minimum Gasteiger partial charge on any atom is -0.232 e. The lowest BCUT2D eigenvalue weighted by Crippen LogP contribution is -2.00. The molecule has 2 nitrogen and oxygen atoms in total. The van der Waals surface area contributed by atoms with Gasteiger partial charge in [-0.05, 0) is 86.3 Å². The standard InChI is InChI=1S/C25H22Cl2N2/c1-15-5-7-19(11-17(15)3)24-14-25(20-8-6-16(2)18(4)12-20)29(28-24)21-9-10-22(26)23(27)13-21/h5-14H,1-4H3. The van der Waals surface area contributed by atoms with E-state index in [0.29, 0.717) is 10.0 Å². The summed E-state index contributed by atoms with van der Waals surface area (Å²) in [5, 5.41) is 5.98. The fraction of sp³-hybridized carbons (Fsp3) is 0.160. The molecule has 0 aliphatic rings. The van der Waals surface area contributed by atoms with Crippen molar-refractivity contribution in [2.45, 2.75) is 27.7 Å². The van der Waals surface area contributed by atoms with Crippen LogP contribution in [0.3, 0.4) is 0 Å². The Hall–Kier alpha value is -2.55. The molecule has 29 heavy (non-hydrogen) atoms. The van der Waals surface area contributed by atoms with Gasteiger partial charge in [-0.1, -0.05) is 47.5 Å². The molecule has 1 aromatic heterocycles. The molecule has 0 bridgehead atoms. The molecule has 0 saturated carbocycles. The van der Waals surface area contributed by atoms with Crippen LogP contribution in [-0.2, 0) is 0 Å². The highest BCUT2D eigenvalue weighted by Gasteiger charge is 2.15. The van der Waals surface area contributed by atoms with Crippen LogP contribution < -0.4 is 0 Å². The van der Waals surface area contributed by atoms with E-state index in [1.54, 1.807) is 6.07 Å². The molecule has 0 atom stereocenters. The second-order valence-electron chi connectivity index (χ2n) is 7.52. The third-order valence-electron chi connectivity index (χ3n) is 5.46. The Balaban J connectivity index is 1.93. The van der Waals surface area contributed by atoms with Crippen molar-refractivity contribution in [2.75, 3.05) is 0 Å². The lowest BCUT2D eigenvalue weighted by atomic mass is 10.0. The average Bonchev–Trinajstić information content (AvgIpc) is 3.14. The van der Waals surface area contributed by atoms with Gasteiger partial charge in [0.2, 0.25) is 0 Å². The predicted molar refractivity (Wildman–Crippen MR) is 123 cm³/mol. The zero-order valence-corrected chi connectivity index (χ0v) is 18.4. The number of aryl methyl sites for hydroxylation is 4. The van der Waals surface area contributed by atoms with Gasteiger partial charge in [0, 0.05) is 11.1 Å². The Kier molecular flexibility index (Phi) is 5.24. The number of nitrogens with zero attached hydrogens (tertiary/aromatic N) is 2. The van der Waals surface area contributed by atoms with Crippen LogP contribution in [0.25, 0.3) is 28.2 Å². The highest BCUT2D eigenvalue weighted by molar-refractivity contribution is 6.42. The largest absolute Gasteiger partial charge is 0.232 e. The first-order valence-corrected chi connectivity index (χ1v) is 10.3. The number of halogens is 2. The van der Waals surface area contributed by atoms with Gasteiger partial charge in [-0.3, -0.25) is 0 Å². The molecule has 3 aromatic carbocycles. The van der Waals surface area contributed by atoms with E-state index >= 15 is 0 Å². The highest BCUT2D eigenvalue weighted by atomic mass is 35.5. The molecule has 0 amide bonds. The molecule has 1 heterocycles. The summed E-state index contributed by atoms with van der Waals surface area (Å²) in [6, 6.07) is 20.7. The number of benzene rings is 3. The molecule has 0 unspecified atom stereocenters. The van der Waals surface area contributed by atoms with Gasteiger partial charge >= 0.3 is 0 Å². The van der Waals surface area contributed by atoms with Crippen molar-refractivity contribution in [3.63, 3.8) is 0 Å². The van der Waals surface area contributed by atoms with Gasteiger partial charge in [0.1, 0.15) is 0 Å². The summed E-state index contributed by atoms with van der Waals surface area (Å²) in [6.45, 7) is 8.49. The molecule has 146 valence electrons. The highest BCUT2D eigenvalue weighted by Crippen LogP contribution is 2.32. The van der Waals surface area contributed by atoms with Crippen LogP contribution in [0.5, 0.6) is 0 Å². The van der Waals surface area contributed by atoms with Crippen LogP contribution in [-0.4, -0.2) is 9.78 Å². The molecule has 0 aliphatic carbocycles. The summed E-state index contributed by atoms with van der Waals surface area (Å²) in [5.74, 6) is 0. The van der Waals surface area contributed by atoms with Crippen LogP contribution in [0.2, 0.25) is 10.0 Å². The molecular formula is C25H22Cl2N2. The van der Waals surface area contributed by atoms with Crippen molar-refractivity contribution in [3.8, 4) is 28.2 Å². The average molecular weight is 421 g/mol. The van der Waals surface area contributed by atoms with Gasteiger partial charge < -0.3 is 0 Å². The van der Waals surface area contributed by atoms with Crippen molar-refractivity contribution in [1.82, 2.24) is 9.78 Å². The third-order valence-corrected chi connectivity index (χ3v) is 6.20. The Labute approximate surface area is 181 Å². The van der Waals surface area contributed by atoms with Crippen LogP contribution in [0.1, 0.15) is 22.3 Å². The quantitative estimate of drug-likeness (QED) is 0.331. The first kappa shape index (κ1) is 19.8. The maximum atomic E-state index is 6.30. The molecule has 4 rings (SSSR count). The topological polar surface area (TPSA) is 17.8 Å². The minimum atomic E-state index is 0.512. The van der Waals surface area contributed by atoms with E-state index in [2.05, 4.69) is 70.2 Å². The van der Waals surface area contributed by atoms with Crippen LogP contribution in [0, 0.1) is 27.7 Å².